The normalized spacial score (nSPS) is 12.0. The van der Waals surface area contributed by atoms with Crippen LogP contribution in [-0.4, -0.2) is 41.8 Å². The van der Waals surface area contributed by atoms with Gasteiger partial charge in [-0.15, -0.1) is 0 Å². The molecule has 0 aromatic rings. The van der Waals surface area contributed by atoms with E-state index in [0.29, 0.717) is 6.61 Å². The van der Waals surface area contributed by atoms with Gasteiger partial charge in [0.25, 0.3) is 0 Å². The van der Waals surface area contributed by atoms with Gasteiger partial charge in [0.1, 0.15) is 0 Å². The molecule has 218 valence electrons. The van der Waals surface area contributed by atoms with Gasteiger partial charge in [0.05, 0.1) is 0 Å². The second kappa shape index (κ2) is 29.6. The Kier molecular flexibility index (Phi) is 29.7. The highest BCUT2D eigenvalue weighted by Crippen LogP contribution is 2.19. The van der Waals surface area contributed by atoms with Crippen molar-refractivity contribution in [3.8, 4) is 0 Å². The van der Waals surface area contributed by atoms with Crippen molar-refractivity contribution < 1.29 is 18.4 Å². The Hall–Kier alpha value is 0.0569. The summed E-state index contributed by atoms with van der Waals surface area (Å²) in [5.41, 5.74) is 0. The molecule has 4 nitrogen and oxygen atoms in total. The Labute approximate surface area is 228 Å². The second-order valence-corrected chi connectivity index (χ2v) is 14.1. The lowest BCUT2D eigenvalue weighted by Crippen LogP contribution is -2.42. The summed E-state index contributed by atoms with van der Waals surface area (Å²) in [5.74, 6) is 0. The third kappa shape index (κ3) is 24.4. The van der Waals surface area contributed by atoms with E-state index < -0.39 is 8.80 Å². The highest BCUT2D eigenvalue weighted by atomic mass is 28.4. The summed E-state index contributed by atoms with van der Waals surface area (Å²) in [4.78, 5) is 0. The van der Waals surface area contributed by atoms with Crippen molar-refractivity contribution in [2.24, 2.45) is 0 Å². The van der Waals surface area contributed by atoms with E-state index in [-0.39, 0.29) is 0 Å². The number of aliphatic hydroxyl groups excluding tert-OH is 1. The quantitative estimate of drug-likeness (QED) is 0.0715. The maximum Gasteiger partial charge on any atom is 0.500 e. The summed E-state index contributed by atoms with van der Waals surface area (Å²) in [6, 6.07) is 0.936. The molecule has 0 aliphatic rings. The number of aliphatic hydroxyl groups is 1. The zero-order chi connectivity index (χ0) is 26.4. The zero-order valence-electron chi connectivity index (χ0n) is 25.0. The van der Waals surface area contributed by atoms with Crippen molar-refractivity contribution in [2.45, 2.75) is 173 Å². The first-order chi connectivity index (χ1) is 17.7. The Bertz CT molecular complexity index is 396. The lowest BCUT2D eigenvalue weighted by atomic mass is 10.0. The van der Waals surface area contributed by atoms with Crippen molar-refractivity contribution in [1.82, 2.24) is 0 Å². The van der Waals surface area contributed by atoms with E-state index in [9.17, 15) is 0 Å². The average molecular weight is 531 g/mol. The average Bonchev–Trinajstić information content (AvgIpc) is 2.91. The van der Waals surface area contributed by atoms with Crippen molar-refractivity contribution in [3.63, 3.8) is 0 Å². The molecule has 36 heavy (non-hydrogen) atoms. The highest BCUT2D eigenvalue weighted by molar-refractivity contribution is 6.60. The topological polar surface area (TPSA) is 47.9 Å². The summed E-state index contributed by atoms with van der Waals surface area (Å²) in [6.07, 6.45) is 35.9. The first-order valence-corrected chi connectivity index (χ1v) is 17.9. The molecule has 0 radical (unpaired) electrons. The maximum absolute atomic E-state index is 8.78. The van der Waals surface area contributed by atoms with Crippen LogP contribution in [0.1, 0.15) is 167 Å². The first kappa shape index (κ1) is 36.1. The molecule has 0 aliphatic carbocycles. The Morgan fingerprint density at radius 1 is 0.333 bits per heavy atom. The molecule has 0 saturated heterocycles. The van der Waals surface area contributed by atoms with Gasteiger partial charge in [-0.3, -0.25) is 0 Å². The summed E-state index contributed by atoms with van der Waals surface area (Å²) >= 11 is 0. The lowest BCUT2D eigenvalue weighted by molar-refractivity contribution is 0.122. The van der Waals surface area contributed by atoms with Crippen LogP contribution in [-0.2, 0) is 13.3 Å². The van der Waals surface area contributed by atoms with E-state index in [4.69, 9.17) is 18.4 Å². The monoisotopic (exact) mass is 530 g/mol. The fraction of sp³-hybridized carbons (Fsp3) is 1.00. The fourth-order valence-corrected chi connectivity index (χ4v) is 7.05. The van der Waals surface area contributed by atoms with Gasteiger partial charge in [0, 0.05) is 34.0 Å². The third-order valence-corrected chi connectivity index (χ3v) is 10.7. The Morgan fingerprint density at radius 3 is 0.722 bits per heavy atom. The first-order valence-electron chi connectivity index (χ1n) is 16.0. The molecule has 0 aromatic heterocycles. The summed E-state index contributed by atoms with van der Waals surface area (Å²) in [6.45, 7) is 0.368. The van der Waals surface area contributed by atoms with Crippen molar-refractivity contribution in [2.75, 3.05) is 27.9 Å². The molecule has 0 aliphatic heterocycles. The molecular weight excluding hydrogens is 464 g/mol. The van der Waals surface area contributed by atoms with Crippen LogP contribution in [0, 0.1) is 0 Å². The van der Waals surface area contributed by atoms with E-state index >= 15 is 0 Å². The largest absolute Gasteiger partial charge is 0.500 e. The molecule has 0 unspecified atom stereocenters. The smallest absolute Gasteiger partial charge is 0.396 e. The summed E-state index contributed by atoms with van der Waals surface area (Å²) < 4.78 is 16.5. The predicted octanol–water partition coefficient (Wildman–Crippen LogP) is 10.00. The molecule has 0 amide bonds. The van der Waals surface area contributed by atoms with E-state index in [1.165, 1.54) is 154 Å². The molecule has 0 atom stereocenters. The molecule has 5 heteroatoms. The van der Waals surface area contributed by atoms with Crippen LogP contribution < -0.4 is 0 Å². The van der Waals surface area contributed by atoms with Crippen LogP contribution in [0.3, 0.4) is 0 Å². The number of hydrogen-bond acceptors (Lipinski definition) is 4. The molecule has 0 aromatic carbocycles. The SMILES string of the molecule is CO[Si](CCCCCCCCCCCCCCCCCCCCCCCCCCCCO)(OC)OC. The van der Waals surface area contributed by atoms with Gasteiger partial charge in [-0.1, -0.05) is 154 Å². The van der Waals surface area contributed by atoms with Crippen molar-refractivity contribution in [1.29, 1.82) is 0 Å². The van der Waals surface area contributed by atoms with E-state index in [0.717, 1.165) is 18.9 Å². The van der Waals surface area contributed by atoms with Gasteiger partial charge in [-0.2, -0.15) is 0 Å². The molecular formula is C31H66O4Si. The van der Waals surface area contributed by atoms with Gasteiger partial charge in [0.15, 0.2) is 0 Å². The summed E-state index contributed by atoms with van der Waals surface area (Å²) in [7, 11) is 2.77. The standard InChI is InChI=1S/C31H66O4Si/c1-33-36(34-2,35-3)31-29-27-25-23-21-19-17-15-13-11-9-7-5-4-6-8-10-12-14-16-18-20-22-24-26-28-30-32/h32H,4-31H2,1-3H3. The van der Waals surface area contributed by atoms with Gasteiger partial charge >= 0.3 is 8.80 Å². The van der Waals surface area contributed by atoms with Gasteiger partial charge < -0.3 is 18.4 Å². The molecule has 0 saturated carbocycles. The lowest BCUT2D eigenvalue weighted by Gasteiger charge is -2.24. The van der Waals surface area contributed by atoms with Crippen LogP contribution in [0.5, 0.6) is 0 Å². The maximum atomic E-state index is 8.78. The second-order valence-electron chi connectivity index (χ2n) is 11.0. The fourth-order valence-electron chi connectivity index (χ4n) is 5.25. The Balaban J connectivity index is 3.13. The van der Waals surface area contributed by atoms with E-state index in [1.807, 2.05) is 0 Å². The minimum atomic E-state index is -2.34. The van der Waals surface area contributed by atoms with Crippen LogP contribution in [0.2, 0.25) is 6.04 Å². The van der Waals surface area contributed by atoms with Gasteiger partial charge in [-0.25, -0.2) is 0 Å². The van der Waals surface area contributed by atoms with E-state index in [1.54, 1.807) is 21.3 Å². The highest BCUT2D eigenvalue weighted by Gasteiger charge is 2.36. The van der Waals surface area contributed by atoms with Crippen molar-refractivity contribution >= 4 is 8.80 Å². The Morgan fingerprint density at radius 2 is 0.528 bits per heavy atom. The number of unbranched alkanes of at least 4 members (excludes halogenated alkanes) is 25. The van der Waals surface area contributed by atoms with Gasteiger partial charge in [-0.05, 0) is 12.8 Å². The number of hydrogen-bond donors (Lipinski definition) is 1. The van der Waals surface area contributed by atoms with Gasteiger partial charge in [0.2, 0.25) is 0 Å². The van der Waals surface area contributed by atoms with Crippen LogP contribution in [0.15, 0.2) is 0 Å². The van der Waals surface area contributed by atoms with E-state index in [2.05, 4.69) is 0 Å². The van der Waals surface area contributed by atoms with Crippen LogP contribution >= 0.6 is 0 Å². The molecule has 0 spiro atoms. The molecule has 0 rings (SSSR count). The predicted molar refractivity (Wildman–Crippen MR) is 159 cm³/mol. The molecule has 0 heterocycles. The summed E-state index contributed by atoms with van der Waals surface area (Å²) in [5, 5.41) is 8.78. The molecule has 0 fully saturated rings. The van der Waals surface area contributed by atoms with Crippen LogP contribution in [0.25, 0.3) is 0 Å². The minimum absolute atomic E-state index is 0.368. The van der Waals surface area contributed by atoms with Crippen LogP contribution in [0.4, 0.5) is 0 Å². The molecule has 1 N–H and O–H groups in total. The zero-order valence-corrected chi connectivity index (χ0v) is 26.0. The van der Waals surface area contributed by atoms with Crippen molar-refractivity contribution in [3.05, 3.63) is 0 Å². The third-order valence-electron chi connectivity index (χ3n) is 7.82. The number of rotatable bonds is 31. The minimum Gasteiger partial charge on any atom is -0.396 e. The molecule has 0 bridgehead atoms.